The molecule has 2 N–H and O–H groups in total. The third-order valence-corrected chi connectivity index (χ3v) is 3.25. The smallest absolute Gasteiger partial charge is 0.234 e. The fraction of sp³-hybridized carbons (Fsp3) is 0.889. The average Bonchev–Trinajstić information content (AvgIpc) is 2.14. The van der Waals surface area contributed by atoms with E-state index in [1.807, 2.05) is 7.05 Å². The molecule has 0 radical (unpaired) electrons. The number of hydrogen-bond donors (Lipinski definition) is 2. The van der Waals surface area contributed by atoms with Gasteiger partial charge in [-0.3, -0.25) is 9.69 Å². The molecule has 1 atom stereocenters. The summed E-state index contributed by atoms with van der Waals surface area (Å²) in [6.45, 7) is 3.46. The van der Waals surface area contributed by atoms with Gasteiger partial charge in [0.05, 0.1) is 12.1 Å². The Morgan fingerprint density at radius 3 is 2.92 bits per heavy atom. The van der Waals surface area contributed by atoms with Crippen LogP contribution in [0.3, 0.4) is 0 Å². The first-order chi connectivity index (χ1) is 6.23. The van der Waals surface area contributed by atoms with Crippen molar-refractivity contribution in [2.75, 3.05) is 33.2 Å². The molecule has 2 fully saturated rings. The molecule has 1 spiro atoms. The number of carbonyl (C=O) groups is 1. The summed E-state index contributed by atoms with van der Waals surface area (Å²) in [6.07, 6.45) is 2.40. The van der Waals surface area contributed by atoms with E-state index in [2.05, 4.69) is 15.5 Å². The number of amides is 1. The highest BCUT2D eigenvalue weighted by Crippen LogP contribution is 2.23. The first-order valence-electron chi connectivity index (χ1n) is 4.92. The topological polar surface area (TPSA) is 44.4 Å². The molecule has 0 aromatic carbocycles. The first-order valence-corrected chi connectivity index (χ1v) is 4.92. The largest absolute Gasteiger partial charge is 0.353 e. The first kappa shape index (κ1) is 8.97. The summed E-state index contributed by atoms with van der Waals surface area (Å²) in [5.41, 5.74) is 0.187. The zero-order valence-corrected chi connectivity index (χ0v) is 8.10. The van der Waals surface area contributed by atoms with Crippen LogP contribution in [0.15, 0.2) is 0 Å². The molecule has 74 valence electrons. The van der Waals surface area contributed by atoms with Gasteiger partial charge >= 0.3 is 0 Å². The standard InChI is InChI=1S/C9H17N3O/c1-12-5-8(13)11-7-9(12)3-2-4-10-6-9/h10H,2-7H2,1H3,(H,11,13). The molecule has 2 heterocycles. The normalized spacial score (nSPS) is 36.2. The minimum atomic E-state index is 0.152. The van der Waals surface area contributed by atoms with Crippen molar-refractivity contribution in [1.29, 1.82) is 0 Å². The molecule has 4 nitrogen and oxygen atoms in total. The van der Waals surface area contributed by atoms with Crippen molar-refractivity contribution in [2.24, 2.45) is 0 Å². The van der Waals surface area contributed by atoms with E-state index in [1.165, 1.54) is 12.8 Å². The van der Waals surface area contributed by atoms with Crippen molar-refractivity contribution in [3.8, 4) is 0 Å². The fourth-order valence-corrected chi connectivity index (χ4v) is 2.27. The highest BCUT2D eigenvalue weighted by atomic mass is 16.2. The molecule has 1 amide bonds. The molecule has 2 saturated heterocycles. The molecule has 2 aliphatic rings. The van der Waals surface area contributed by atoms with Gasteiger partial charge in [-0.05, 0) is 26.4 Å². The summed E-state index contributed by atoms with van der Waals surface area (Å²) >= 11 is 0. The Labute approximate surface area is 78.7 Å². The van der Waals surface area contributed by atoms with Crippen molar-refractivity contribution < 1.29 is 4.79 Å². The Kier molecular flexibility index (Phi) is 2.26. The maximum Gasteiger partial charge on any atom is 0.234 e. The Morgan fingerprint density at radius 2 is 2.31 bits per heavy atom. The zero-order chi connectivity index (χ0) is 9.31. The highest BCUT2D eigenvalue weighted by Gasteiger charge is 2.39. The Morgan fingerprint density at radius 1 is 1.46 bits per heavy atom. The quantitative estimate of drug-likeness (QED) is 0.515. The van der Waals surface area contributed by atoms with Crippen molar-refractivity contribution in [3.63, 3.8) is 0 Å². The molecule has 2 rings (SSSR count). The second kappa shape index (κ2) is 3.27. The molecular weight excluding hydrogens is 166 g/mol. The second-order valence-electron chi connectivity index (χ2n) is 4.14. The van der Waals surface area contributed by atoms with Gasteiger partial charge in [-0.1, -0.05) is 0 Å². The summed E-state index contributed by atoms with van der Waals surface area (Å²) in [7, 11) is 2.05. The van der Waals surface area contributed by atoms with E-state index in [1.54, 1.807) is 0 Å². The third-order valence-electron chi connectivity index (χ3n) is 3.25. The minimum absolute atomic E-state index is 0.152. The van der Waals surface area contributed by atoms with Crippen LogP contribution >= 0.6 is 0 Å². The lowest BCUT2D eigenvalue weighted by atomic mass is 9.87. The van der Waals surface area contributed by atoms with Gasteiger partial charge in [0.1, 0.15) is 0 Å². The molecule has 0 bridgehead atoms. The highest BCUT2D eigenvalue weighted by molar-refractivity contribution is 5.79. The number of rotatable bonds is 0. The van der Waals surface area contributed by atoms with Gasteiger partial charge in [-0.15, -0.1) is 0 Å². The molecule has 13 heavy (non-hydrogen) atoms. The third kappa shape index (κ3) is 1.56. The van der Waals surface area contributed by atoms with Crippen LogP contribution < -0.4 is 10.6 Å². The molecule has 2 aliphatic heterocycles. The van der Waals surface area contributed by atoms with Crippen molar-refractivity contribution in [3.05, 3.63) is 0 Å². The van der Waals surface area contributed by atoms with Crippen LogP contribution in [0.1, 0.15) is 12.8 Å². The molecule has 0 saturated carbocycles. The fourth-order valence-electron chi connectivity index (χ4n) is 2.27. The Hall–Kier alpha value is -0.610. The summed E-state index contributed by atoms with van der Waals surface area (Å²) in [4.78, 5) is 13.3. The predicted molar refractivity (Wildman–Crippen MR) is 50.5 cm³/mol. The van der Waals surface area contributed by atoms with Gasteiger partial charge in [-0.2, -0.15) is 0 Å². The molecule has 0 aliphatic carbocycles. The Balaban J connectivity index is 2.07. The molecular formula is C9H17N3O. The van der Waals surface area contributed by atoms with E-state index in [0.717, 1.165) is 19.6 Å². The van der Waals surface area contributed by atoms with Crippen LogP contribution in [-0.4, -0.2) is 49.6 Å². The van der Waals surface area contributed by atoms with Gasteiger partial charge in [0.15, 0.2) is 0 Å². The number of nitrogens with zero attached hydrogens (tertiary/aromatic N) is 1. The Bertz CT molecular complexity index is 211. The summed E-state index contributed by atoms with van der Waals surface area (Å²) in [6, 6.07) is 0. The van der Waals surface area contributed by atoms with Gasteiger partial charge < -0.3 is 10.6 Å². The average molecular weight is 183 g/mol. The number of hydrogen-bond acceptors (Lipinski definition) is 3. The van der Waals surface area contributed by atoms with Gasteiger partial charge in [0.25, 0.3) is 0 Å². The van der Waals surface area contributed by atoms with E-state index >= 15 is 0 Å². The van der Waals surface area contributed by atoms with Crippen LogP contribution in [-0.2, 0) is 4.79 Å². The van der Waals surface area contributed by atoms with Crippen molar-refractivity contribution >= 4 is 5.91 Å². The second-order valence-corrected chi connectivity index (χ2v) is 4.14. The zero-order valence-electron chi connectivity index (χ0n) is 8.10. The summed E-state index contributed by atoms with van der Waals surface area (Å²) < 4.78 is 0. The predicted octanol–water partition coefficient (Wildman–Crippen LogP) is -0.830. The van der Waals surface area contributed by atoms with Gasteiger partial charge in [0, 0.05) is 13.1 Å². The SMILES string of the molecule is CN1CC(=O)NCC12CCCNC2. The lowest BCUT2D eigenvalue weighted by Crippen LogP contribution is -2.67. The van der Waals surface area contributed by atoms with E-state index < -0.39 is 0 Å². The van der Waals surface area contributed by atoms with E-state index in [-0.39, 0.29) is 11.4 Å². The maximum atomic E-state index is 11.1. The van der Waals surface area contributed by atoms with Gasteiger partial charge in [0.2, 0.25) is 5.91 Å². The van der Waals surface area contributed by atoms with E-state index in [0.29, 0.717) is 6.54 Å². The van der Waals surface area contributed by atoms with Crippen LogP contribution in [0.2, 0.25) is 0 Å². The van der Waals surface area contributed by atoms with E-state index in [4.69, 9.17) is 0 Å². The molecule has 4 heteroatoms. The lowest BCUT2D eigenvalue weighted by Gasteiger charge is -2.47. The number of nitrogens with one attached hydrogen (secondary N) is 2. The summed E-state index contributed by atoms with van der Waals surface area (Å²) in [5, 5.41) is 6.35. The van der Waals surface area contributed by atoms with Crippen molar-refractivity contribution in [2.45, 2.75) is 18.4 Å². The number of piperidine rings is 1. The monoisotopic (exact) mass is 183 g/mol. The molecule has 0 aromatic heterocycles. The number of carbonyl (C=O) groups excluding carboxylic acids is 1. The number of likely N-dealkylation sites (N-methyl/N-ethyl adjacent to an activating group) is 1. The molecule has 1 unspecified atom stereocenters. The van der Waals surface area contributed by atoms with Gasteiger partial charge in [-0.25, -0.2) is 0 Å². The van der Waals surface area contributed by atoms with E-state index in [9.17, 15) is 4.79 Å². The van der Waals surface area contributed by atoms with Crippen molar-refractivity contribution in [1.82, 2.24) is 15.5 Å². The summed E-state index contributed by atoms with van der Waals surface area (Å²) in [5.74, 6) is 0.152. The minimum Gasteiger partial charge on any atom is -0.353 e. The van der Waals surface area contributed by atoms with Crippen LogP contribution in [0.5, 0.6) is 0 Å². The van der Waals surface area contributed by atoms with Crippen LogP contribution in [0.4, 0.5) is 0 Å². The maximum absolute atomic E-state index is 11.1. The molecule has 0 aromatic rings. The van der Waals surface area contributed by atoms with Crippen LogP contribution in [0.25, 0.3) is 0 Å². The van der Waals surface area contributed by atoms with Crippen LogP contribution in [0, 0.1) is 0 Å². The lowest BCUT2D eigenvalue weighted by molar-refractivity contribution is -0.128. The number of piperazine rings is 1.